The van der Waals surface area contributed by atoms with Crippen molar-refractivity contribution in [2.75, 3.05) is 20.2 Å². The number of para-hydroxylation sites is 1. The van der Waals surface area contributed by atoms with Crippen molar-refractivity contribution in [1.29, 1.82) is 0 Å². The first kappa shape index (κ1) is 16.7. The van der Waals surface area contributed by atoms with Gasteiger partial charge in [-0.05, 0) is 12.1 Å². The fourth-order valence-corrected chi connectivity index (χ4v) is 2.12. The molecule has 1 amide bonds. The van der Waals surface area contributed by atoms with E-state index in [2.05, 4.69) is 0 Å². The van der Waals surface area contributed by atoms with E-state index in [0.29, 0.717) is 18.7 Å². The minimum Gasteiger partial charge on any atom is -0.492 e. The van der Waals surface area contributed by atoms with Crippen LogP contribution in [0.2, 0.25) is 0 Å². The van der Waals surface area contributed by atoms with E-state index in [0.717, 1.165) is 5.75 Å². The number of carbonyl (C=O) groups is 2. The molecule has 0 heterocycles. The van der Waals surface area contributed by atoms with E-state index in [-0.39, 0.29) is 24.5 Å². The number of ketones is 1. The summed E-state index contributed by atoms with van der Waals surface area (Å²) in [5.41, 5.74) is 0.648. The van der Waals surface area contributed by atoms with Crippen molar-refractivity contribution >= 4 is 11.7 Å². The number of ether oxygens (including phenoxy) is 1. The van der Waals surface area contributed by atoms with Gasteiger partial charge in [-0.2, -0.15) is 0 Å². The second-order valence-electron chi connectivity index (χ2n) is 5.27. The molecule has 0 bridgehead atoms. The van der Waals surface area contributed by atoms with Crippen LogP contribution in [0.25, 0.3) is 0 Å². The van der Waals surface area contributed by atoms with Crippen molar-refractivity contribution in [2.45, 2.75) is 12.8 Å². The third-order valence-electron chi connectivity index (χ3n) is 3.53. The first-order valence-corrected chi connectivity index (χ1v) is 7.67. The Morgan fingerprint density at radius 2 is 1.52 bits per heavy atom. The molecule has 0 saturated carbocycles. The van der Waals surface area contributed by atoms with Crippen molar-refractivity contribution in [2.24, 2.45) is 0 Å². The van der Waals surface area contributed by atoms with E-state index in [9.17, 15) is 9.59 Å². The van der Waals surface area contributed by atoms with E-state index in [4.69, 9.17) is 4.74 Å². The predicted molar refractivity (Wildman–Crippen MR) is 89.6 cm³/mol. The Morgan fingerprint density at radius 1 is 0.913 bits per heavy atom. The Labute approximate surface area is 136 Å². The molecule has 0 fully saturated rings. The highest BCUT2D eigenvalue weighted by atomic mass is 16.5. The van der Waals surface area contributed by atoms with Crippen LogP contribution < -0.4 is 4.74 Å². The number of Topliss-reactive ketones (excluding diaryl/α,β-unsaturated/α-hetero) is 1. The van der Waals surface area contributed by atoms with Crippen LogP contribution in [0, 0.1) is 0 Å². The molecule has 0 aliphatic rings. The molecule has 0 N–H and O–H groups in total. The molecule has 2 aromatic carbocycles. The van der Waals surface area contributed by atoms with E-state index >= 15 is 0 Å². The predicted octanol–water partition coefficient (Wildman–Crippen LogP) is 3.19. The highest BCUT2D eigenvalue weighted by Gasteiger charge is 2.12. The molecule has 0 spiro atoms. The van der Waals surface area contributed by atoms with Crippen LogP contribution in [-0.2, 0) is 4.79 Å². The lowest BCUT2D eigenvalue weighted by Crippen LogP contribution is -2.31. The van der Waals surface area contributed by atoms with Crippen molar-refractivity contribution < 1.29 is 14.3 Å². The maximum Gasteiger partial charge on any atom is 0.222 e. The first-order chi connectivity index (χ1) is 11.2. The highest BCUT2D eigenvalue weighted by Crippen LogP contribution is 2.09. The van der Waals surface area contributed by atoms with Crippen molar-refractivity contribution in [3.05, 3.63) is 66.2 Å². The van der Waals surface area contributed by atoms with Gasteiger partial charge in [0.15, 0.2) is 5.78 Å². The fourth-order valence-electron chi connectivity index (χ4n) is 2.12. The Kier molecular flexibility index (Phi) is 6.36. The number of rotatable bonds is 8. The number of carbonyl (C=O) groups excluding carboxylic acids is 2. The van der Waals surface area contributed by atoms with E-state index in [1.54, 1.807) is 24.1 Å². The summed E-state index contributed by atoms with van der Waals surface area (Å²) >= 11 is 0. The van der Waals surface area contributed by atoms with Crippen LogP contribution in [0.3, 0.4) is 0 Å². The molecular formula is C19H21NO3. The van der Waals surface area contributed by atoms with Crippen LogP contribution in [-0.4, -0.2) is 36.8 Å². The zero-order valence-electron chi connectivity index (χ0n) is 13.3. The summed E-state index contributed by atoms with van der Waals surface area (Å²) in [6.45, 7) is 0.923. The third kappa shape index (κ3) is 5.58. The van der Waals surface area contributed by atoms with E-state index < -0.39 is 0 Å². The summed E-state index contributed by atoms with van der Waals surface area (Å²) in [7, 11) is 1.73. The Bertz CT molecular complexity index is 626. The van der Waals surface area contributed by atoms with Gasteiger partial charge in [-0.15, -0.1) is 0 Å². The SMILES string of the molecule is CN(CCOc1ccccc1)C(=O)CCC(=O)c1ccccc1. The second-order valence-corrected chi connectivity index (χ2v) is 5.27. The summed E-state index contributed by atoms with van der Waals surface area (Å²) in [4.78, 5) is 25.6. The van der Waals surface area contributed by atoms with Crippen molar-refractivity contribution in [3.8, 4) is 5.75 Å². The summed E-state index contributed by atoms with van der Waals surface area (Å²) < 4.78 is 5.56. The molecule has 0 aliphatic carbocycles. The lowest BCUT2D eigenvalue weighted by molar-refractivity contribution is -0.130. The molecule has 2 aromatic rings. The first-order valence-electron chi connectivity index (χ1n) is 7.67. The normalized spacial score (nSPS) is 10.1. The van der Waals surface area contributed by atoms with Gasteiger partial charge in [0.25, 0.3) is 0 Å². The molecule has 120 valence electrons. The number of benzene rings is 2. The van der Waals surface area contributed by atoms with Crippen LogP contribution in [0.1, 0.15) is 23.2 Å². The fraction of sp³-hybridized carbons (Fsp3) is 0.263. The van der Waals surface area contributed by atoms with Gasteiger partial charge < -0.3 is 9.64 Å². The summed E-state index contributed by atoms with van der Waals surface area (Å²) in [6, 6.07) is 18.5. The molecule has 0 aliphatic heterocycles. The van der Waals surface area contributed by atoms with Crippen LogP contribution in [0.15, 0.2) is 60.7 Å². The number of hydrogen-bond acceptors (Lipinski definition) is 3. The monoisotopic (exact) mass is 311 g/mol. The second kappa shape index (κ2) is 8.73. The number of amides is 1. The van der Waals surface area contributed by atoms with Gasteiger partial charge in [-0.25, -0.2) is 0 Å². The minimum absolute atomic E-state index is 0.00659. The molecule has 4 nitrogen and oxygen atoms in total. The smallest absolute Gasteiger partial charge is 0.222 e. The van der Waals surface area contributed by atoms with Crippen LogP contribution in [0.5, 0.6) is 5.75 Å². The molecule has 2 rings (SSSR count). The quantitative estimate of drug-likeness (QED) is 0.703. The zero-order valence-corrected chi connectivity index (χ0v) is 13.3. The summed E-state index contributed by atoms with van der Waals surface area (Å²) in [5.74, 6) is 0.728. The molecule has 0 atom stereocenters. The average molecular weight is 311 g/mol. The number of hydrogen-bond donors (Lipinski definition) is 0. The van der Waals surface area contributed by atoms with Crippen LogP contribution >= 0.6 is 0 Å². The van der Waals surface area contributed by atoms with Gasteiger partial charge in [-0.3, -0.25) is 9.59 Å². The van der Waals surface area contributed by atoms with Crippen molar-refractivity contribution in [1.82, 2.24) is 4.90 Å². The maximum atomic E-state index is 12.0. The highest BCUT2D eigenvalue weighted by molar-refractivity contribution is 5.97. The lowest BCUT2D eigenvalue weighted by atomic mass is 10.1. The average Bonchev–Trinajstić information content (AvgIpc) is 2.61. The Morgan fingerprint density at radius 3 is 2.17 bits per heavy atom. The van der Waals surface area contributed by atoms with E-state index in [1.807, 2.05) is 48.5 Å². The van der Waals surface area contributed by atoms with Crippen LogP contribution in [0.4, 0.5) is 0 Å². The summed E-state index contributed by atoms with van der Waals surface area (Å²) in [5, 5.41) is 0. The van der Waals surface area contributed by atoms with Crippen molar-refractivity contribution in [3.63, 3.8) is 0 Å². The molecule has 0 aromatic heterocycles. The molecule has 0 radical (unpaired) electrons. The Balaban J connectivity index is 1.69. The largest absolute Gasteiger partial charge is 0.492 e. The lowest BCUT2D eigenvalue weighted by Gasteiger charge is -2.17. The summed E-state index contributed by atoms with van der Waals surface area (Å²) in [6.07, 6.45) is 0.447. The molecule has 0 unspecified atom stereocenters. The Hall–Kier alpha value is -2.62. The topological polar surface area (TPSA) is 46.6 Å². The number of nitrogens with zero attached hydrogens (tertiary/aromatic N) is 1. The minimum atomic E-state index is -0.0501. The van der Waals surface area contributed by atoms with Gasteiger partial charge in [0.05, 0.1) is 6.54 Å². The molecule has 4 heteroatoms. The van der Waals surface area contributed by atoms with E-state index in [1.165, 1.54) is 0 Å². The van der Waals surface area contributed by atoms with Gasteiger partial charge in [0, 0.05) is 25.5 Å². The molecular weight excluding hydrogens is 290 g/mol. The van der Waals surface area contributed by atoms with Gasteiger partial charge in [0.1, 0.15) is 12.4 Å². The standard InChI is InChI=1S/C19H21NO3/c1-20(14-15-23-17-10-6-3-7-11-17)19(22)13-12-18(21)16-8-4-2-5-9-16/h2-11H,12-15H2,1H3. The van der Waals surface area contributed by atoms with Gasteiger partial charge >= 0.3 is 0 Å². The zero-order chi connectivity index (χ0) is 16.5. The third-order valence-corrected chi connectivity index (χ3v) is 3.53. The maximum absolute atomic E-state index is 12.0. The molecule has 0 saturated heterocycles. The van der Waals surface area contributed by atoms with Gasteiger partial charge in [-0.1, -0.05) is 48.5 Å². The van der Waals surface area contributed by atoms with Gasteiger partial charge in [0.2, 0.25) is 5.91 Å². The molecule has 23 heavy (non-hydrogen) atoms. The number of likely N-dealkylation sites (N-methyl/N-ethyl adjacent to an activating group) is 1.